The Balaban J connectivity index is 2.41. The summed E-state index contributed by atoms with van der Waals surface area (Å²) in [6.45, 7) is 1.69. The first-order chi connectivity index (χ1) is 10.4. The van der Waals surface area contributed by atoms with Gasteiger partial charge in [0.05, 0.1) is 17.4 Å². The summed E-state index contributed by atoms with van der Waals surface area (Å²) in [6, 6.07) is 9.18. The van der Waals surface area contributed by atoms with Gasteiger partial charge in [0.15, 0.2) is 0 Å². The number of hydrogen-bond donors (Lipinski definition) is 1. The first kappa shape index (κ1) is 15.3. The van der Waals surface area contributed by atoms with E-state index in [0.29, 0.717) is 11.8 Å². The Morgan fingerprint density at radius 1 is 1.18 bits per heavy atom. The van der Waals surface area contributed by atoms with E-state index in [2.05, 4.69) is 5.32 Å². The van der Waals surface area contributed by atoms with Crippen LogP contribution in [0.2, 0.25) is 0 Å². The highest BCUT2D eigenvalue weighted by Crippen LogP contribution is 2.16. The maximum atomic E-state index is 12.2. The molecule has 7 nitrogen and oxygen atoms in total. The Labute approximate surface area is 126 Å². The van der Waals surface area contributed by atoms with Crippen LogP contribution in [0, 0.1) is 6.92 Å². The fourth-order valence-electron chi connectivity index (χ4n) is 2.13. The molecule has 1 aromatic carbocycles. The predicted molar refractivity (Wildman–Crippen MR) is 78.5 cm³/mol. The van der Waals surface area contributed by atoms with E-state index in [1.807, 2.05) is 30.3 Å². The number of carboxylic acid groups (broad SMARTS) is 1. The SMILES string of the molecule is Cc1c(NC(=O)/C=C\C(=O)[O-])c(=O)n(C)n1-c1ccccc1. The van der Waals surface area contributed by atoms with E-state index in [1.165, 1.54) is 4.68 Å². The lowest BCUT2D eigenvalue weighted by molar-refractivity contribution is -0.297. The lowest BCUT2D eigenvalue weighted by Gasteiger charge is -2.09. The van der Waals surface area contributed by atoms with Crippen LogP contribution in [0.1, 0.15) is 5.69 Å². The molecule has 7 heteroatoms. The van der Waals surface area contributed by atoms with Crippen molar-refractivity contribution in [1.82, 2.24) is 9.36 Å². The summed E-state index contributed by atoms with van der Waals surface area (Å²) in [4.78, 5) is 34.1. The highest BCUT2D eigenvalue weighted by Gasteiger charge is 2.16. The van der Waals surface area contributed by atoms with Gasteiger partial charge in [0.25, 0.3) is 5.56 Å². The third kappa shape index (κ3) is 2.98. The van der Waals surface area contributed by atoms with Crippen LogP contribution in [0.25, 0.3) is 5.69 Å². The zero-order valence-electron chi connectivity index (χ0n) is 12.1. The average Bonchev–Trinajstić information content (AvgIpc) is 2.70. The molecule has 0 unspecified atom stereocenters. The van der Waals surface area contributed by atoms with E-state index in [9.17, 15) is 19.5 Å². The number of benzene rings is 1. The molecule has 2 aromatic rings. The van der Waals surface area contributed by atoms with Crippen molar-refractivity contribution >= 4 is 17.6 Å². The van der Waals surface area contributed by atoms with Crippen molar-refractivity contribution in [3.05, 3.63) is 58.5 Å². The van der Waals surface area contributed by atoms with Crippen molar-refractivity contribution in [2.24, 2.45) is 7.05 Å². The van der Waals surface area contributed by atoms with Gasteiger partial charge in [-0.15, -0.1) is 0 Å². The molecule has 1 aromatic heterocycles. The molecule has 114 valence electrons. The van der Waals surface area contributed by atoms with Crippen LogP contribution in [0.5, 0.6) is 0 Å². The number of rotatable bonds is 4. The van der Waals surface area contributed by atoms with Gasteiger partial charge in [0, 0.05) is 13.1 Å². The molecule has 0 fully saturated rings. The Hall–Kier alpha value is -3.09. The van der Waals surface area contributed by atoms with Crippen molar-refractivity contribution in [3.63, 3.8) is 0 Å². The van der Waals surface area contributed by atoms with Crippen molar-refractivity contribution < 1.29 is 14.7 Å². The monoisotopic (exact) mass is 300 g/mol. The molecular weight excluding hydrogens is 286 g/mol. The number of amides is 1. The predicted octanol–water partition coefficient (Wildman–Crippen LogP) is -0.271. The van der Waals surface area contributed by atoms with Crippen molar-refractivity contribution in [3.8, 4) is 5.69 Å². The van der Waals surface area contributed by atoms with Crippen LogP contribution in [-0.4, -0.2) is 21.2 Å². The molecule has 0 saturated heterocycles. The highest BCUT2D eigenvalue weighted by atomic mass is 16.4. The number of nitrogens with one attached hydrogen (secondary N) is 1. The summed E-state index contributed by atoms with van der Waals surface area (Å²) in [5, 5.41) is 12.7. The molecule has 2 rings (SSSR count). The maximum absolute atomic E-state index is 12.2. The molecule has 0 spiro atoms. The van der Waals surface area contributed by atoms with Crippen molar-refractivity contribution in [2.45, 2.75) is 6.92 Å². The maximum Gasteiger partial charge on any atom is 0.290 e. The molecule has 0 atom stereocenters. The van der Waals surface area contributed by atoms with E-state index in [1.54, 1.807) is 18.7 Å². The van der Waals surface area contributed by atoms with Crippen molar-refractivity contribution in [2.75, 3.05) is 5.32 Å². The van der Waals surface area contributed by atoms with E-state index < -0.39 is 17.4 Å². The Bertz CT molecular complexity index is 800. The summed E-state index contributed by atoms with van der Waals surface area (Å²) in [5.74, 6) is -2.20. The van der Waals surface area contributed by atoms with Crippen LogP contribution >= 0.6 is 0 Å². The number of carbonyl (C=O) groups is 2. The lowest BCUT2D eigenvalue weighted by atomic mass is 10.3. The number of nitrogens with zero attached hydrogens (tertiary/aromatic N) is 2. The molecule has 0 aliphatic carbocycles. The third-order valence-electron chi connectivity index (χ3n) is 3.11. The zero-order chi connectivity index (χ0) is 16.3. The lowest BCUT2D eigenvalue weighted by Crippen LogP contribution is -2.22. The fourth-order valence-corrected chi connectivity index (χ4v) is 2.13. The van der Waals surface area contributed by atoms with Crippen LogP contribution in [0.3, 0.4) is 0 Å². The van der Waals surface area contributed by atoms with Crippen LogP contribution in [0.4, 0.5) is 5.69 Å². The minimum Gasteiger partial charge on any atom is -0.545 e. The molecular formula is C15H14N3O4-. The smallest absolute Gasteiger partial charge is 0.290 e. The Kier molecular flexibility index (Phi) is 4.26. The summed E-state index contributed by atoms with van der Waals surface area (Å²) >= 11 is 0. The van der Waals surface area contributed by atoms with Gasteiger partial charge in [-0.1, -0.05) is 18.2 Å². The number of hydrogen-bond acceptors (Lipinski definition) is 4. The summed E-state index contributed by atoms with van der Waals surface area (Å²) in [6.07, 6.45) is 1.40. The molecule has 0 radical (unpaired) electrons. The minimum absolute atomic E-state index is 0.0966. The summed E-state index contributed by atoms with van der Waals surface area (Å²) < 4.78 is 3.02. The summed E-state index contributed by atoms with van der Waals surface area (Å²) in [5.41, 5.74) is 1.01. The second-order valence-electron chi connectivity index (χ2n) is 4.58. The largest absolute Gasteiger partial charge is 0.545 e. The van der Waals surface area contributed by atoms with E-state index in [4.69, 9.17) is 0 Å². The van der Waals surface area contributed by atoms with Crippen LogP contribution < -0.4 is 16.0 Å². The van der Waals surface area contributed by atoms with Gasteiger partial charge < -0.3 is 15.2 Å². The number of carbonyl (C=O) groups excluding carboxylic acids is 2. The van der Waals surface area contributed by atoms with Gasteiger partial charge in [-0.25, -0.2) is 4.68 Å². The molecule has 0 aliphatic rings. The molecule has 1 N–H and O–H groups in total. The van der Waals surface area contributed by atoms with Gasteiger partial charge in [0.1, 0.15) is 5.69 Å². The minimum atomic E-state index is -1.48. The van der Waals surface area contributed by atoms with Gasteiger partial charge in [-0.05, 0) is 25.1 Å². The summed E-state index contributed by atoms with van der Waals surface area (Å²) in [7, 11) is 1.58. The first-order valence-electron chi connectivity index (χ1n) is 6.46. The highest BCUT2D eigenvalue weighted by molar-refractivity contribution is 6.02. The Morgan fingerprint density at radius 3 is 2.41 bits per heavy atom. The number of para-hydroxylation sites is 1. The number of carboxylic acids is 1. The number of aromatic nitrogens is 2. The fraction of sp³-hybridized carbons (Fsp3) is 0.133. The molecule has 1 amide bonds. The molecule has 0 bridgehead atoms. The van der Waals surface area contributed by atoms with E-state index >= 15 is 0 Å². The van der Waals surface area contributed by atoms with Crippen LogP contribution in [0.15, 0.2) is 47.3 Å². The third-order valence-corrected chi connectivity index (χ3v) is 3.11. The topological polar surface area (TPSA) is 96.2 Å². The second-order valence-corrected chi connectivity index (χ2v) is 4.58. The van der Waals surface area contributed by atoms with Gasteiger partial charge in [-0.2, -0.15) is 0 Å². The first-order valence-corrected chi connectivity index (χ1v) is 6.46. The second kappa shape index (κ2) is 6.13. The van der Waals surface area contributed by atoms with Crippen LogP contribution in [-0.2, 0) is 16.6 Å². The molecule has 0 saturated carbocycles. The van der Waals surface area contributed by atoms with Crippen molar-refractivity contribution in [1.29, 1.82) is 0 Å². The molecule has 0 aliphatic heterocycles. The normalized spacial score (nSPS) is 10.8. The molecule has 1 heterocycles. The average molecular weight is 300 g/mol. The quantitative estimate of drug-likeness (QED) is 0.786. The number of aliphatic carboxylic acids is 1. The Morgan fingerprint density at radius 2 is 1.82 bits per heavy atom. The number of anilines is 1. The van der Waals surface area contributed by atoms with E-state index in [-0.39, 0.29) is 5.69 Å². The van der Waals surface area contributed by atoms with Gasteiger partial charge in [-0.3, -0.25) is 14.3 Å². The standard InChI is InChI=1S/C15H15N3O4/c1-10-14(16-12(19)8-9-13(20)21)15(22)17(2)18(10)11-6-4-3-5-7-11/h3-9H,1-2H3,(H,16,19)(H,20,21)/p-1/b9-8-. The molecule has 22 heavy (non-hydrogen) atoms. The van der Waals surface area contributed by atoms with Gasteiger partial charge >= 0.3 is 0 Å². The zero-order valence-corrected chi connectivity index (χ0v) is 12.1. The van der Waals surface area contributed by atoms with Gasteiger partial charge in [0.2, 0.25) is 5.91 Å². The van der Waals surface area contributed by atoms with E-state index in [0.717, 1.165) is 11.8 Å².